The van der Waals surface area contributed by atoms with E-state index in [-0.39, 0.29) is 12.3 Å². The van der Waals surface area contributed by atoms with Crippen LogP contribution in [-0.2, 0) is 20.8 Å². The van der Waals surface area contributed by atoms with Gasteiger partial charge in [-0.3, -0.25) is 14.4 Å². The van der Waals surface area contributed by atoms with E-state index in [1.165, 1.54) is 12.6 Å². The number of aryl methyl sites for hydroxylation is 2. The van der Waals surface area contributed by atoms with E-state index in [9.17, 15) is 14.4 Å². The third-order valence-corrected chi connectivity index (χ3v) is 3.27. The lowest BCUT2D eigenvalue weighted by atomic mass is 10.1. The highest BCUT2D eigenvalue weighted by molar-refractivity contribution is 5.90. The van der Waals surface area contributed by atoms with E-state index in [2.05, 4.69) is 10.6 Å². The predicted molar refractivity (Wildman–Crippen MR) is 105 cm³/mol. The average Bonchev–Trinajstić information content (AvgIpc) is 2.65. The maximum Gasteiger partial charge on any atom is 0.305 e. The van der Waals surface area contributed by atoms with Gasteiger partial charge in [0.1, 0.15) is 6.04 Å². The first kappa shape index (κ1) is 25.9. The van der Waals surface area contributed by atoms with Gasteiger partial charge in [0.2, 0.25) is 11.8 Å². The molecule has 0 aromatic heterocycles. The van der Waals surface area contributed by atoms with E-state index in [1.54, 1.807) is 0 Å². The highest BCUT2D eigenvalue weighted by Crippen LogP contribution is 2.07. The summed E-state index contributed by atoms with van der Waals surface area (Å²) in [4.78, 5) is 34.0. The lowest BCUT2D eigenvalue weighted by Crippen LogP contribution is -2.46. The van der Waals surface area contributed by atoms with Crippen LogP contribution in [0.2, 0.25) is 0 Å². The van der Waals surface area contributed by atoms with Crippen LogP contribution < -0.4 is 10.6 Å². The van der Waals surface area contributed by atoms with E-state index in [4.69, 9.17) is 5.11 Å². The third-order valence-electron chi connectivity index (χ3n) is 3.27. The van der Waals surface area contributed by atoms with Gasteiger partial charge in [-0.1, -0.05) is 57.5 Å². The number of amides is 2. The van der Waals surface area contributed by atoms with E-state index in [0.29, 0.717) is 6.42 Å². The summed E-state index contributed by atoms with van der Waals surface area (Å²) in [7, 11) is 1.40. The number of carboxylic acid groups (broad SMARTS) is 1. The molecular weight excluding hydrogens is 332 g/mol. The van der Waals surface area contributed by atoms with Crippen molar-refractivity contribution in [1.82, 2.24) is 10.6 Å². The van der Waals surface area contributed by atoms with Crippen molar-refractivity contribution in [2.24, 2.45) is 0 Å². The molecule has 1 rings (SSSR count). The minimum atomic E-state index is -1.13. The van der Waals surface area contributed by atoms with Crippen LogP contribution in [0.5, 0.6) is 0 Å². The summed E-state index contributed by atoms with van der Waals surface area (Å²) >= 11 is 0. The molecule has 6 heteroatoms. The van der Waals surface area contributed by atoms with Gasteiger partial charge >= 0.3 is 5.97 Å². The van der Waals surface area contributed by atoms with Crippen molar-refractivity contribution in [1.29, 1.82) is 0 Å². The number of nitrogens with one attached hydrogen (secondary N) is 2. The quantitative estimate of drug-likeness (QED) is 0.659. The molecule has 26 heavy (non-hydrogen) atoms. The number of hydrogen-bond donors (Lipinski definition) is 3. The molecule has 0 fully saturated rings. The first-order valence-electron chi connectivity index (χ1n) is 9.20. The fourth-order valence-electron chi connectivity index (χ4n) is 2.03. The predicted octanol–water partition coefficient (Wildman–Crippen LogP) is 3.08. The Morgan fingerprint density at radius 2 is 1.58 bits per heavy atom. The monoisotopic (exact) mass is 366 g/mol. The smallest absolute Gasteiger partial charge is 0.305 e. The Hall–Kier alpha value is -2.37. The van der Waals surface area contributed by atoms with Gasteiger partial charge in [0.25, 0.3) is 0 Å². The second-order valence-corrected chi connectivity index (χ2v) is 5.17. The molecule has 1 aromatic carbocycles. The third kappa shape index (κ3) is 12.1. The summed E-state index contributed by atoms with van der Waals surface area (Å²) in [6.07, 6.45) is 1.23. The molecule has 3 N–H and O–H groups in total. The molecule has 1 aromatic rings. The van der Waals surface area contributed by atoms with Crippen LogP contribution in [0.3, 0.4) is 0 Å². The molecule has 0 aliphatic rings. The second kappa shape index (κ2) is 16.1. The van der Waals surface area contributed by atoms with Gasteiger partial charge in [0, 0.05) is 13.5 Å². The van der Waals surface area contributed by atoms with Gasteiger partial charge < -0.3 is 15.7 Å². The number of carboxylic acids is 1. The molecule has 1 atom stereocenters. The molecule has 0 bridgehead atoms. The fourth-order valence-corrected chi connectivity index (χ4v) is 2.03. The number of aliphatic carboxylic acids is 1. The summed E-state index contributed by atoms with van der Waals surface area (Å²) < 4.78 is 0. The summed E-state index contributed by atoms with van der Waals surface area (Å²) in [5.41, 5.74) is 2.33. The molecule has 0 saturated heterocycles. The zero-order valence-electron chi connectivity index (χ0n) is 16.9. The van der Waals surface area contributed by atoms with E-state index < -0.39 is 24.3 Å². The van der Waals surface area contributed by atoms with Crippen LogP contribution in [0.4, 0.5) is 0 Å². The Bertz CT molecular complexity index is 527. The maximum absolute atomic E-state index is 11.8. The number of rotatable bonds is 8. The number of carbonyl (C=O) groups excluding carboxylic acids is 2. The standard InChI is InChI=1S/C16H22N2O4.2C2H6/c1-11-6-8-12(9-7-11)4-3-5-14(19)18-13(10-15(20)21)16(22)17-2;2*1-2/h6-9,13H,3-5,10H2,1-2H3,(H,17,22)(H,18,19)(H,20,21);2*1-2H3. The Morgan fingerprint density at radius 1 is 1.04 bits per heavy atom. The molecule has 148 valence electrons. The van der Waals surface area contributed by atoms with Crippen molar-refractivity contribution in [2.45, 2.75) is 66.3 Å². The molecule has 1 unspecified atom stereocenters. The van der Waals surface area contributed by atoms with Gasteiger partial charge in [0.15, 0.2) is 0 Å². The summed E-state index contributed by atoms with van der Waals surface area (Å²) in [6.45, 7) is 10.0. The summed E-state index contributed by atoms with van der Waals surface area (Å²) in [6, 6.07) is 7.04. The van der Waals surface area contributed by atoms with Gasteiger partial charge in [0.05, 0.1) is 6.42 Å². The van der Waals surface area contributed by atoms with Crippen molar-refractivity contribution in [2.75, 3.05) is 7.05 Å². The number of likely N-dealkylation sites (N-methyl/N-ethyl adjacent to an activating group) is 1. The van der Waals surface area contributed by atoms with Gasteiger partial charge in [-0.2, -0.15) is 0 Å². The van der Waals surface area contributed by atoms with Crippen LogP contribution in [0, 0.1) is 6.92 Å². The van der Waals surface area contributed by atoms with Gasteiger partial charge in [-0.25, -0.2) is 0 Å². The van der Waals surface area contributed by atoms with E-state index >= 15 is 0 Å². The zero-order valence-corrected chi connectivity index (χ0v) is 16.9. The fraction of sp³-hybridized carbons (Fsp3) is 0.550. The molecule has 0 heterocycles. The van der Waals surface area contributed by atoms with Crippen molar-refractivity contribution in [3.63, 3.8) is 0 Å². The van der Waals surface area contributed by atoms with Gasteiger partial charge in [-0.15, -0.1) is 0 Å². The van der Waals surface area contributed by atoms with Crippen LogP contribution in [0.15, 0.2) is 24.3 Å². The Morgan fingerprint density at radius 3 is 2.04 bits per heavy atom. The zero-order chi connectivity index (χ0) is 20.5. The second-order valence-electron chi connectivity index (χ2n) is 5.17. The number of carbonyl (C=O) groups is 3. The summed E-state index contributed by atoms with van der Waals surface area (Å²) in [5.74, 6) is -1.95. The minimum absolute atomic E-state index is 0.251. The Kier molecular flexibility index (Phi) is 16.0. The topological polar surface area (TPSA) is 95.5 Å². The van der Waals surface area contributed by atoms with E-state index in [0.717, 1.165) is 12.0 Å². The summed E-state index contributed by atoms with van der Waals surface area (Å²) in [5, 5.41) is 13.6. The van der Waals surface area contributed by atoms with Crippen molar-refractivity contribution in [3.8, 4) is 0 Å². The molecular formula is C20H34N2O4. The van der Waals surface area contributed by atoms with Crippen molar-refractivity contribution >= 4 is 17.8 Å². The SMILES string of the molecule is CC.CC.CNC(=O)C(CC(=O)O)NC(=O)CCCc1ccc(C)cc1. The maximum atomic E-state index is 11.8. The van der Waals surface area contributed by atoms with Crippen molar-refractivity contribution in [3.05, 3.63) is 35.4 Å². The van der Waals surface area contributed by atoms with Crippen LogP contribution >= 0.6 is 0 Å². The molecule has 2 amide bonds. The molecule has 0 saturated carbocycles. The highest BCUT2D eigenvalue weighted by atomic mass is 16.4. The van der Waals surface area contributed by atoms with Crippen molar-refractivity contribution < 1.29 is 19.5 Å². The Balaban J connectivity index is 0. The Labute approximate surface area is 157 Å². The molecule has 0 aliphatic carbocycles. The minimum Gasteiger partial charge on any atom is -0.481 e. The number of hydrogen-bond acceptors (Lipinski definition) is 3. The molecule has 0 radical (unpaired) electrons. The molecule has 0 spiro atoms. The number of benzene rings is 1. The lowest BCUT2D eigenvalue weighted by Gasteiger charge is -2.15. The van der Waals surface area contributed by atoms with E-state index in [1.807, 2.05) is 58.9 Å². The van der Waals surface area contributed by atoms with Gasteiger partial charge in [-0.05, 0) is 25.3 Å². The van der Waals surface area contributed by atoms with Crippen LogP contribution in [-0.4, -0.2) is 36.0 Å². The molecule has 0 aliphatic heterocycles. The molecule has 6 nitrogen and oxygen atoms in total. The largest absolute Gasteiger partial charge is 0.481 e. The normalized spacial score (nSPS) is 10.2. The lowest BCUT2D eigenvalue weighted by molar-refractivity contribution is -0.140. The highest BCUT2D eigenvalue weighted by Gasteiger charge is 2.22. The van der Waals surface area contributed by atoms with Crippen LogP contribution in [0.1, 0.15) is 58.1 Å². The first-order chi connectivity index (χ1) is 12.4. The first-order valence-corrected chi connectivity index (χ1v) is 9.20. The average molecular weight is 367 g/mol. The van der Waals surface area contributed by atoms with Crippen LogP contribution in [0.25, 0.3) is 0 Å².